The van der Waals surface area contributed by atoms with Gasteiger partial charge < -0.3 is 10.5 Å². The molecule has 0 bridgehead atoms. The van der Waals surface area contributed by atoms with E-state index in [1.807, 2.05) is 6.07 Å². The summed E-state index contributed by atoms with van der Waals surface area (Å²) >= 11 is 0. The molecule has 1 atom stereocenters. The molecule has 0 aromatic heterocycles. The van der Waals surface area contributed by atoms with Crippen molar-refractivity contribution in [2.75, 3.05) is 11.3 Å². The zero-order valence-electron chi connectivity index (χ0n) is 11.3. The fraction of sp³-hybridized carbons (Fsp3) is 0.200. The number of rotatable bonds is 3. The second-order valence-corrected chi connectivity index (χ2v) is 6.60. The standard InChI is InChI=1S/C15H16N2O3S/c16-14-8-9-20-15-7-6-12(10-13(14)15)21(18,19)17-11-4-2-1-3-5-11/h1-7,10,14,17H,8-9,16H2. The van der Waals surface area contributed by atoms with Crippen LogP contribution in [0.15, 0.2) is 53.4 Å². The summed E-state index contributed by atoms with van der Waals surface area (Å²) in [5, 5.41) is 0. The molecule has 0 aliphatic carbocycles. The van der Waals surface area contributed by atoms with Crippen molar-refractivity contribution in [2.45, 2.75) is 17.4 Å². The Morgan fingerprint density at radius 2 is 1.90 bits per heavy atom. The molecule has 1 unspecified atom stereocenters. The quantitative estimate of drug-likeness (QED) is 0.911. The SMILES string of the molecule is NC1CCOc2ccc(S(=O)(=O)Nc3ccccc3)cc21. The molecule has 3 N–H and O–H groups in total. The molecular weight excluding hydrogens is 288 g/mol. The molecule has 5 nitrogen and oxygen atoms in total. The van der Waals surface area contributed by atoms with E-state index < -0.39 is 10.0 Å². The van der Waals surface area contributed by atoms with Gasteiger partial charge >= 0.3 is 0 Å². The van der Waals surface area contributed by atoms with Crippen molar-refractivity contribution in [3.8, 4) is 5.75 Å². The van der Waals surface area contributed by atoms with Crippen LogP contribution in [0, 0.1) is 0 Å². The number of ether oxygens (including phenoxy) is 1. The average Bonchev–Trinajstić information content (AvgIpc) is 2.48. The van der Waals surface area contributed by atoms with Crippen molar-refractivity contribution < 1.29 is 13.2 Å². The molecule has 110 valence electrons. The first-order valence-electron chi connectivity index (χ1n) is 6.66. The van der Waals surface area contributed by atoms with Gasteiger partial charge in [-0.15, -0.1) is 0 Å². The highest BCUT2D eigenvalue weighted by molar-refractivity contribution is 7.92. The van der Waals surface area contributed by atoms with Crippen LogP contribution in [0.2, 0.25) is 0 Å². The summed E-state index contributed by atoms with van der Waals surface area (Å²) in [7, 11) is -3.63. The van der Waals surface area contributed by atoms with Crippen LogP contribution in [-0.2, 0) is 10.0 Å². The lowest BCUT2D eigenvalue weighted by Crippen LogP contribution is -2.21. The number of benzene rings is 2. The molecule has 2 aromatic rings. The Morgan fingerprint density at radius 3 is 2.67 bits per heavy atom. The highest BCUT2D eigenvalue weighted by atomic mass is 32.2. The zero-order chi connectivity index (χ0) is 14.9. The molecule has 0 spiro atoms. The van der Waals surface area contributed by atoms with Gasteiger partial charge in [0.05, 0.1) is 11.5 Å². The second kappa shape index (κ2) is 5.38. The second-order valence-electron chi connectivity index (χ2n) is 4.91. The van der Waals surface area contributed by atoms with Crippen LogP contribution < -0.4 is 15.2 Å². The van der Waals surface area contributed by atoms with E-state index in [2.05, 4.69) is 4.72 Å². The number of nitrogens with one attached hydrogen (secondary N) is 1. The van der Waals surface area contributed by atoms with Crippen molar-refractivity contribution in [3.05, 3.63) is 54.1 Å². The number of anilines is 1. The maximum atomic E-state index is 12.4. The van der Waals surface area contributed by atoms with Crippen molar-refractivity contribution in [2.24, 2.45) is 5.73 Å². The fourth-order valence-corrected chi connectivity index (χ4v) is 3.38. The summed E-state index contributed by atoms with van der Waals surface area (Å²) in [4.78, 5) is 0.186. The van der Waals surface area contributed by atoms with Gasteiger partial charge in [0.2, 0.25) is 0 Å². The third-order valence-electron chi connectivity index (χ3n) is 3.40. The van der Waals surface area contributed by atoms with Gasteiger partial charge in [0.25, 0.3) is 10.0 Å². The minimum Gasteiger partial charge on any atom is -0.493 e. The molecule has 0 saturated carbocycles. The molecule has 6 heteroatoms. The van der Waals surface area contributed by atoms with E-state index in [1.165, 1.54) is 6.07 Å². The largest absolute Gasteiger partial charge is 0.493 e. The third-order valence-corrected chi connectivity index (χ3v) is 4.78. The molecule has 0 amide bonds. The highest BCUT2D eigenvalue weighted by Crippen LogP contribution is 2.32. The van der Waals surface area contributed by atoms with E-state index in [0.29, 0.717) is 24.5 Å². The smallest absolute Gasteiger partial charge is 0.261 e. The first-order valence-corrected chi connectivity index (χ1v) is 8.15. The van der Waals surface area contributed by atoms with Gasteiger partial charge in [-0.1, -0.05) is 18.2 Å². The Bertz CT molecular complexity index is 745. The van der Waals surface area contributed by atoms with Gasteiger partial charge in [-0.2, -0.15) is 0 Å². The number of hydrogen-bond donors (Lipinski definition) is 2. The Balaban J connectivity index is 1.94. The first-order chi connectivity index (χ1) is 10.1. The van der Waals surface area contributed by atoms with Crippen LogP contribution in [-0.4, -0.2) is 15.0 Å². The van der Waals surface area contributed by atoms with Gasteiger partial charge in [-0.25, -0.2) is 8.42 Å². The maximum absolute atomic E-state index is 12.4. The Hall–Kier alpha value is -2.05. The maximum Gasteiger partial charge on any atom is 0.261 e. The first kappa shape index (κ1) is 13.9. The summed E-state index contributed by atoms with van der Waals surface area (Å²) in [5.41, 5.74) is 7.27. The molecule has 1 aliphatic rings. The average molecular weight is 304 g/mol. The van der Waals surface area contributed by atoms with Crippen molar-refractivity contribution in [1.82, 2.24) is 0 Å². The Morgan fingerprint density at radius 1 is 1.14 bits per heavy atom. The van der Waals surface area contributed by atoms with Gasteiger partial charge in [0.15, 0.2) is 0 Å². The molecule has 1 aliphatic heterocycles. The van der Waals surface area contributed by atoms with Crippen LogP contribution in [0.1, 0.15) is 18.0 Å². The predicted molar refractivity (Wildman–Crippen MR) is 80.7 cm³/mol. The lowest BCUT2D eigenvalue weighted by atomic mass is 10.0. The number of fused-ring (bicyclic) bond motifs is 1. The van der Waals surface area contributed by atoms with Crippen LogP contribution in [0.5, 0.6) is 5.75 Å². The molecule has 1 heterocycles. The zero-order valence-corrected chi connectivity index (χ0v) is 12.1. The molecule has 0 fully saturated rings. The summed E-state index contributed by atoms with van der Waals surface area (Å²) in [5.74, 6) is 0.660. The molecule has 3 rings (SSSR count). The number of sulfonamides is 1. The third kappa shape index (κ3) is 2.86. The summed E-state index contributed by atoms with van der Waals surface area (Å²) in [6.45, 7) is 0.558. The molecule has 21 heavy (non-hydrogen) atoms. The lowest BCUT2D eigenvalue weighted by molar-refractivity contribution is 0.268. The molecule has 0 saturated heterocycles. The topological polar surface area (TPSA) is 81.4 Å². The van der Waals surface area contributed by atoms with Gasteiger partial charge in [0, 0.05) is 23.7 Å². The number of para-hydroxylation sites is 1. The monoisotopic (exact) mass is 304 g/mol. The predicted octanol–water partition coefficient (Wildman–Crippen LogP) is 2.27. The minimum atomic E-state index is -3.63. The van der Waals surface area contributed by atoms with Crippen LogP contribution >= 0.6 is 0 Å². The number of nitrogens with two attached hydrogens (primary N) is 1. The lowest BCUT2D eigenvalue weighted by Gasteiger charge is -2.23. The van der Waals surface area contributed by atoms with E-state index in [4.69, 9.17) is 10.5 Å². The van der Waals surface area contributed by atoms with E-state index in [-0.39, 0.29) is 10.9 Å². The summed E-state index contributed by atoms with van der Waals surface area (Å²) in [6.07, 6.45) is 0.683. The van der Waals surface area contributed by atoms with Gasteiger partial charge in [-0.05, 0) is 30.3 Å². The van der Waals surface area contributed by atoms with E-state index >= 15 is 0 Å². The molecule has 0 radical (unpaired) electrons. The van der Waals surface area contributed by atoms with E-state index in [1.54, 1.807) is 36.4 Å². The molecular formula is C15H16N2O3S. The van der Waals surface area contributed by atoms with Crippen molar-refractivity contribution >= 4 is 15.7 Å². The normalized spacial score (nSPS) is 17.7. The van der Waals surface area contributed by atoms with Gasteiger partial charge in [0.1, 0.15) is 5.75 Å². The van der Waals surface area contributed by atoms with Crippen molar-refractivity contribution in [3.63, 3.8) is 0 Å². The highest BCUT2D eigenvalue weighted by Gasteiger charge is 2.22. The van der Waals surface area contributed by atoms with Crippen LogP contribution in [0.25, 0.3) is 0 Å². The summed E-state index contributed by atoms with van der Waals surface area (Å²) in [6, 6.07) is 13.4. The molecule has 2 aromatic carbocycles. The van der Waals surface area contributed by atoms with E-state index in [9.17, 15) is 8.42 Å². The van der Waals surface area contributed by atoms with Crippen LogP contribution in [0.4, 0.5) is 5.69 Å². The van der Waals surface area contributed by atoms with Crippen LogP contribution in [0.3, 0.4) is 0 Å². The van der Waals surface area contributed by atoms with Crippen molar-refractivity contribution in [1.29, 1.82) is 0 Å². The van der Waals surface area contributed by atoms with E-state index in [0.717, 1.165) is 5.56 Å². The fourth-order valence-electron chi connectivity index (χ4n) is 2.29. The minimum absolute atomic E-state index is 0.186. The number of hydrogen-bond acceptors (Lipinski definition) is 4. The summed E-state index contributed by atoms with van der Waals surface area (Å²) < 4.78 is 32.8. The van der Waals surface area contributed by atoms with Gasteiger partial charge in [-0.3, -0.25) is 4.72 Å². The Kier molecular flexibility index (Phi) is 3.57. The Labute approximate surface area is 123 Å².